The fourth-order valence-corrected chi connectivity index (χ4v) is 5.47. The molecular formula is C17H17N3O2S2. The molecule has 1 aliphatic heterocycles. The van der Waals surface area contributed by atoms with Crippen molar-refractivity contribution in [1.82, 2.24) is 4.31 Å². The highest BCUT2D eigenvalue weighted by Crippen LogP contribution is 2.39. The summed E-state index contributed by atoms with van der Waals surface area (Å²) in [7, 11) is -1.93. The van der Waals surface area contributed by atoms with Crippen molar-refractivity contribution in [2.24, 2.45) is 8.73 Å². The highest BCUT2D eigenvalue weighted by molar-refractivity contribution is 7.89. The normalized spacial score (nSPS) is 19.0. The standard InChI is InChI=1S/C17H17N3O2S2/c1-20(14-10-9-12-5-2-3-6-13(12)11-14)24(21,22)16-8-4-7-15-17(16)19-23-18-15/h2-8,14H,9-11H2,1H3. The van der Waals surface area contributed by atoms with E-state index >= 15 is 0 Å². The van der Waals surface area contributed by atoms with Crippen LogP contribution in [0.15, 0.2) is 56.1 Å². The molecule has 2 aromatic rings. The Hall–Kier alpha value is -1.83. The largest absolute Gasteiger partial charge is 0.245 e. The molecule has 4 rings (SSSR count). The summed E-state index contributed by atoms with van der Waals surface area (Å²) in [5, 5.41) is 0. The summed E-state index contributed by atoms with van der Waals surface area (Å²) in [5.74, 6) is 0. The Balaban J connectivity index is 1.67. The molecule has 24 heavy (non-hydrogen) atoms. The van der Waals surface area contributed by atoms with E-state index < -0.39 is 10.0 Å². The zero-order valence-electron chi connectivity index (χ0n) is 13.2. The van der Waals surface area contributed by atoms with E-state index in [1.54, 1.807) is 25.2 Å². The average Bonchev–Trinajstić information content (AvgIpc) is 3.09. The van der Waals surface area contributed by atoms with Crippen molar-refractivity contribution in [2.75, 3.05) is 7.05 Å². The third-order valence-corrected chi connectivity index (χ3v) is 7.23. The minimum Gasteiger partial charge on any atom is -0.207 e. The Kier molecular flexibility index (Phi) is 3.86. The van der Waals surface area contributed by atoms with Crippen molar-refractivity contribution in [3.8, 4) is 0 Å². The first kappa shape index (κ1) is 15.7. The fraction of sp³-hybridized carbons (Fsp3) is 0.294. The SMILES string of the molecule is CN(C1CCc2ccccc2C1)S(=O)(=O)c1cccc2c1N=S=N2. The second kappa shape index (κ2) is 5.91. The molecule has 1 heterocycles. The average molecular weight is 359 g/mol. The van der Waals surface area contributed by atoms with Gasteiger partial charge in [0.1, 0.15) is 16.3 Å². The molecule has 0 saturated carbocycles. The van der Waals surface area contributed by atoms with Gasteiger partial charge in [-0.05, 0) is 42.5 Å². The van der Waals surface area contributed by atoms with Gasteiger partial charge in [0.2, 0.25) is 10.0 Å². The number of aryl methyl sites for hydroxylation is 1. The predicted molar refractivity (Wildman–Crippen MR) is 95.2 cm³/mol. The van der Waals surface area contributed by atoms with E-state index in [1.807, 2.05) is 12.1 Å². The molecule has 0 spiro atoms. The number of rotatable bonds is 3. The molecule has 0 bridgehead atoms. The number of nitrogens with zero attached hydrogens (tertiary/aromatic N) is 3. The van der Waals surface area contributed by atoms with Crippen LogP contribution in [0.5, 0.6) is 0 Å². The summed E-state index contributed by atoms with van der Waals surface area (Å²) in [4.78, 5) is 0.245. The summed E-state index contributed by atoms with van der Waals surface area (Å²) in [6.45, 7) is 0. The van der Waals surface area contributed by atoms with Crippen molar-refractivity contribution >= 4 is 32.8 Å². The van der Waals surface area contributed by atoms with Gasteiger partial charge < -0.3 is 0 Å². The van der Waals surface area contributed by atoms with Crippen molar-refractivity contribution in [2.45, 2.75) is 30.2 Å². The zero-order chi connectivity index (χ0) is 16.7. The molecule has 0 aromatic heterocycles. The summed E-state index contributed by atoms with van der Waals surface area (Å²) in [6, 6.07) is 13.4. The van der Waals surface area contributed by atoms with Crippen LogP contribution in [0.2, 0.25) is 0 Å². The van der Waals surface area contributed by atoms with Crippen LogP contribution in [-0.4, -0.2) is 25.8 Å². The maximum Gasteiger partial charge on any atom is 0.245 e. The topological polar surface area (TPSA) is 62.1 Å². The predicted octanol–water partition coefficient (Wildman–Crippen LogP) is 3.59. The molecule has 2 aliphatic rings. The van der Waals surface area contributed by atoms with Crippen molar-refractivity contribution < 1.29 is 8.42 Å². The summed E-state index contributed by atoms with van der Waals surface area (Å²) in [5.41, 5.74) is 3.66. The second-order valence-electron chi connectivity index (χ2n) is 6.07. The molecule has 7 heteroatoms. The third kappa shape index (κ3) is 2.53. The van der Waals surface area contributed by atoms with E-state index in [2.05, 4.69) is 20.9 Å². The lowest BCUT2D eigenvalue weighted by molar-refractivity contribution is 0.336. The van der Waals surface area contributed by atoms with Crippen LogP contribution in [0.1, 0.15) is 17.5 Å². The number of benzene rings is 2. The van der Waals surface area contributed by atoms with E-state index in [4.69, 9.17) is 0 Å². The van der Waals surface area contributed by atoms with Crippen molar-refractivity contribution in [3.05, 3.63) is 53.6 Å². The Labute approximate surface area is 145 Å². The molecule has 1 unspecified atom stereocenters. The van der Waals surface area contributed by atoms with Gasteiger partial charge in [0.05, 0.1) is 11.4 Å². The minimum absolute atomic E-state index is 0.0354. The van der Waals surface area contributed by atoms with Gasteiger partial charge in [0, 0.05) is 13.1 Å². The van der Waals surface area contributed by atoms with Crippen molar-refractivity contribution in [1.29, 1.82) is 0 Å². The van der Waals surface area contributed by atoms with Gasteiger partial charge >= 0.3 is 0 Å². The Morgan fingerprint density at radius 2 is 1.88 bits per heavy atom. The molecule has 1 atom stereocenters. The van der Waals surface area contributed by atoms with Crippen LogP contribution < -0.4 is 0 Å². The lowest BCUT2D eigenvalue weighted by atomic mass is 9.88. The highest BCUT2D eigenvalue weighted by atomic mass is 32.2. The number of hydrogen-bond acceptors (Lipinski definition) is 4. The van der Waals surface area contributed by atoms with Crippen molar-refractivity contribution in [3.63, 3.8) is 0 Å². The first-order chi connectivity index (χ1) is 11.6. The summed E-state index contributed by atoms with van der Waals surface area (Å²) < 4.78 is 36.1. The van der Waals surface area contributed by atoms with Gasteiger partial charge in [-0.25, -0.2) is 8.42 Å². The monoisotopic (exact) mass is 359 g/mol. The summed E-state index contributed by atoms with van der Waals surface area (Å²) >= 11 is 1.04. The number of hydrogen-bond donors (Lipinski definition) is 0. The maximum atomic E-state index is 13.1. The molecule has 0 N–H and O–H groups in total. The lowest BCUT2D eigenvalue weighted by Crippen LogP contribution is -2.40. The smallest absolute Gasteiger partial charge is 0.207 e. The third-order valence-electron chi connectivity index (χ3n) is 4.74. The fourth-order valence-electron chi connectivity index (χ4n) is 3.33. The number of likely N-dealkylation sites (N-methyl/N-ethyl adjacent to an activating group) is 1. The van der Waals surface area contributed by atoms with Crippen LogP contribution in [0.4, 0.5) is 11.4 Å². The van der Waals surface area contributed by atoms with Gasteiger partial charge in [-0.2, -0.15) is 13.0 Å². The van der Waals surface area contributed by atoms with Gasteiger partial charge in [0.25, 0.3) is 0 Å². The maximum absolute atomic E-state index is 13.1. The number of sulfonamides is 1. The summed E-state index contributed by atoms with van der Waals surface area (Å²) in [6.07, 6.45) is 2.48. The molecule has 2 aromatic carbocycles. The molecule has 0 amide bonds. The minimum atomic E-state index is -3.60. The molecule has 1 aliphatic carbocycles. The van der Waals surface area contributed by atoms with E-state index in [0.717, 1.165) is 30.6 Å². The van der Waals surface area contributed by atoms with Gasteiger partial charge in [0.15, 0.2) is 0 Å². The second-order valence-corrected chi connectivity index (χ2v) is 8.57. The Bertz CT molecular complexity index is 979. The van der Waals surface area contributed by atoms with E-state index in [1.165, 1.54) is 15.4 Å². The van der Waals surface area contributed by atoms with Crippen LogP contribution in [-0.2, 0) is 34.2 Å². The zero-order valence-corrected chi connectivity index (χ0v) is 14.8. The first-order valence-corrected chi connectivity index (χ1v) is 10.0. The Morgan fingerprint density at radius 1 is 1.08 bits per heavy atom. The van der Waals surface area contributed by atoms with Gasteiger partial charge in [-0.3, -0.25) is 0 Å². The van der Waals surface area contributed by atoms with Crippen LogP contribution in [0.25, 0.3) is 0 Å². The molecule has 0 fully saturated rings. The molecular weight excluding hydrogens is 342 g/mol. The van der Waals surface area contributed by atoms with E-state index in [9.17, 15) is 8.42 Å². The van der Waals surface area contributed by atoms with Crippen LogP contribution >= 0.6 is 0 Å². The van der Waals surface area contributed by atoms with E-state index in [0.29, 0.717) is 11.4 Å². The lowest BCUT2D eigenvalue weighted by Gasteiger charge is -2.32. The Morgan fingerprint density at radius 3 is 2.71 bits per heavy atom. The van der Waals surface area contributed by atoms with Gasteiger partial charge in [-0.15, -0.1) is 0 Å². The van der Waals surface area contributed by atoms with Crippen LogP contribution in [0, 0.1) is 0 Å². The van der Waals surface area contributed by atoms with Crippen LogP contribution in [0.3, 0.4) is 0 Å². The quantitative estimate of drug-likeness (QED) is 0.717. The molecule has 0 saturated heterocycles. The molecule has 124 valence electrons. The van der Waals surface area contributed by atoms with Gasteiger partial charge in [-0.1, -0.05) is 30.3 Å². The highest BCUT2D eigenvalue weighted by Gasteiger charge is 2.33. The first-order valence-electron chi connectivity index (χ1n) is 7.83. The molecule has 5 nitrogen and oxygen atoms in total. The van der Waals surface area contributed by atoms with E-state index in [-0.39, 0.29) is 10.9 Å². The molecule has 0 radical (unpaired) electrons. The number of fused-ring (bicyclic) bond motifs is 2.